The monoisotopic (exact) mass is 289 g/mol. The summed E-state index contributed by atoms with van der Waals surface area (Å²) in [5, 5.41) is 20.7. The highest BCUT2D eigenvalue weighted by molar-refractivity contribution is 5.95. The fraction of sp³-hybridized carbons (Fsp3) is 0.0833. The Hall–Kier alpha value is -3.23. The predicted molar refractivity (Wildman–Crippen MR) is 72.6 cm³/mol. The van der Waals surface area contributed by atoms with Crippen molar-refractivity contribution in [3.05, 3.63) is 35.2 Å². The Kier molecular flexibility index (Phi) is 3.65. The summed E-state index contributed by atoms with van der Waals surface area (Å²) in [5.74, 6) is -2.02. The summed E-state index contributed by atoms with van der Waals surface area (Å²) in [5.41, 5.74) is 5.36. The van der Waals surface area contributed by atoms with Crippen LogP contribution in [0.15, 0.2) is 18.2 Å². The number of aromatic carboxylic acids is 2. The van der Waals surface area contributed by atoms with Gasteiger partial charge in [0.05, 0.1) is 11.1 Å². The van der Waals surface area contributed by atoms with Gasteiger partial charge in [-0.3, -0.25) is 0 Å². The Morgan fingerprint density at radius 1 is 1.05 bits per heavy atom. The van der Waals surface area contributed by atoms with Gasteiger partial charge in [-0.05, 0) is 25.1 Å². The van der Waals surface area contributed by atoms with Gasteiger partial charge >= 0.3 is 11.9 Å². The van der Waals surface area contributed by atoms with E-state index in [9.17, 15) is 9.59 Å². The zero-order valence-electron chi connectivity index (χ0n) is 10.9. The molecule has 0 spiro atoms. The molecule has 0 radical (unpaired) electrons. The van der Waals surface area contributed by atoms with E-state index < -0.39 is 11.9 Å². The van der Waals surface area contributed by atoms with Crippen LogP contribution in [0.5, 0.6) is 0 Å². The Bertz CT molecular complexity index is 679. The highest BCUT2D eigenvalue weighted by Crippen LogP contribution is 2.18. The van der Waals surface area contributed by atoms with E-state index >= 15 is 0 Å². The molecule has 1 aromatic heterocycles. The van der Waals surface area contributed by atoms with Crippen molar-refractivity contribution in [2.24, 2.45) is 0 Å². The second kappa shape index (κ2) is 5.41. The van der Waals surface area contributed by atoms with Crippen LogP contribution < -0.4 is 11.1 Å². The predicted octanol–water partition coefficient (Wildman–Crippen LogP) is 0.902. The van der Waals surface area contributed by atoms with Crippen LogP contribution in [0.4, 0.5) is 17.6 Å². The van der Waals surface area contributed by atoms with Gasteiger partial charge in [0, 0.05) is 5.69 Å². The van der Waals surface area contributed by atoms with Gasteiger partial charge in [-0.25, -0.2) is 9.59 Å². The van der Waals surface area contributed by atoms with E-state index in [1.165, 1.54) is 12.1 Å². The summed E-state index contributed by atoms with van der Waals surface area (Å²) in [6, 6.07) is 3.59. The minimum Gasteiger partial charge on any atom is -0.478 e. The molecule has 21 heavy (non-hydrogen) atoms. The maximum atomic E-state index is 11.0. The van der Waals surface area contributed by atoms with Crippen LogP contribution in [0.1, 0.15) is 26.5 Å². The summed E-state index contributed by atoms with van der Waals surface area (Å²) in [4.78, 5) is 33.6. The molecule has 9 nitrogen and oxygen atoms in total. The number of hydrogen-bond donors (Lipinski definition) is 4. The molecular formula is C12H11N5O4. The van der Waals surface area contributed by atoms with Crippen LogP contribution in [-0.2, 0) is 0 Å². The van der Waals surface area contributed by atoms with E-state index in [0.717, 1.165) is 6.07 Å². The molecule has 0 bridgehead atoms. The Morgan fingerprint density at radius 3 is 2.10 bits per heavy atom. The summed E-state index contributed by atoms with van der Waals surface area (Å²) in [6.07, 6.45) is 0. The maximum absolute atomic E-state index is 11.0. The highest BCUT2D eigenvalue weighted by Gasteiger charge is 2.12. The molecule has 0 unspecified atom stereocenters. The second-order valence-corrected chi connectivity index (χ2v) is 4.10. The normalized spacial score (nSPS) is 10.1. The zero-order valence-corrected chi connectivity index (χ0v) is 10.9. The average Bonchev–Trinajstić information content (AvgIpc) is 2.36. The fourth-order valence-electron chi connectivity index (χ4n) is 1.63. The molecule has 0 saturated carbocycles. The first kappa shape index (κ1) is 14.2. The van der Waals surface area contributed by atoms with Crippen LogP contribution in [0.2, 0.25) is 0 Å². The minimum absolute atomic E-state index is 0.00199. The summed E-state index contributed by atoms with van der Waals surface area (Å²) in [7, 11) is 0. The van der Waals surface area contributed by atoms with Gasteiger partial charge in [-0.15, -0.1) is 0 Å². The molecule has 0 fully saturated rings. The number of nitrogens with two attached hydrogens (primary N) is 1. The highest BCUT2D eigenvalue weighted by atomic mass is 16.4. The van der Waals surface area contributed by atoms with Gasteiger partial charge in [-0.1, -0.05) is 0 Å². The number of nitrogens with one attached hydrogen (secondary N) is 1. The van der Waals surface area contributed by atoms with Crippen LogP contribution in [0.3, 0.4) is 0 Å². The Morgan fingerprint density at radius 2 is 1.62 bits per heavy atom. The van der Waals surface area contributed by atoms with Crippen LogP contribution >= 0.6 is 0 Å². The number of benzene rings is 1. The van der Waals surface area contributed by atoms with E-state index in [-0.39, 0.29) is 28.7 Å². The zero-order chi connectivity index (χ0) is 15.6. The quantitative estimate of drug-likeness (QED) is 0.643. The number of carbonyl (C=O) groups is 2. The molecule has 1 heterocycles. The van der Waals surface area contributed by atoms with Gasteiger partial charge < -0.3 is 21.3 Å². The molecule has 0 amide bonds. The molecule has 0 atom stereocenters. The molecule has 0 aliphatic rings. The van der Waals surface area contributed by atoms with Gasteiger partial charge in [-0.2, -0.15) is 15.0 Å². The molecule has 108 valence electrons. The van der Waals surface area contributed by atoms with Gasteiger partial charge in [0.2, 0.25) is 11.9 Å². The number of anilines is 3. The number of carboxylic acid groups (broad SMARTS) is 2. The standard InChI is InChI=1S/C12H11N5O4/c1-5-14-11(13)17-12(15-5)16-8-3-6(9(18)19)2-7(4-8)10(20)21/h2-4H,1H3,(H,18,19)(H,20,21)(H3,13,14,15,16,17). The third-order valence-corrected chi connectivity index (χ3v) is 2.45. The van der Waals surface area contributed by atoms with Crippen molar-refractivity contribution in [2.75, 3.05) is 11.1 Å². The number of rotatable bonds is 4. The third-order valence-electron chi connectivity index (χ3n) is 2.45. The van der Waals surface area contributed by atoms with Crippen molar-refractivity contribution >= 4 is 29.5 Å². The van der Waals surface area contributed by atoms with Crippen molar-refractivity contribution in [3.63, 3.8) is 0 Å². The lowest BCUT2D eigenvalue weighted by molar-refractivity contribution is 0.0696. The summed E-state index contributed by atoms with van der Waals surface area (Å²) >= 11 is 0. The van der Waals surface area contributed by atoms with E-state index in [2.05, 4.69) is 20.3 Å². The molecule has 0 aliphatic heterocycles. The number of nitrogen functional groups attached to an aromatic ring is 1. The second-order valence-electron chi connectivity index (χ2n) is 4.10. The molecule has 9 heteroatoms. The van der Waals surface area contributed by atoms with Crippen molar-refractivity contribution in [3.8, 4) is 0 Å². The summed E-state index contributed by atoms with van der Waals surface area (Å²) < 4.78 is 0. The first-order valence-electron chi connectivity index (χ1n) is 5.72. The van der Waals surface area contributed by atoms with Crippen LogP contribution in [0, 0.1) is 6.92 Å². The van der Waals surface area contributed by atoms with Crippen molar-refractivity contribution in [1.29, 1.82) is 0 Å². The van der Waals surface area contributed by atoms with E-state index in [1.807, 2.05) is 0 Å². The number of carboxylic acids is 2. The SMILES string of the molecule is Cc1nc(N)nc(Nc2cc(C(=O)O)cc(C(=O)O)c2)n1. The lowest BCUT2D eigenvalue weighted by Gasteiger charge is -2.08. The molecule has 2 rings (SSSR count). The average molecular weight is 289 g/mol. The van der Waals surface area contributed by atoms with Crippen molar-refractivity contribution in [2.45, 2.75) is 6.92 Å². The fourth-order valence-corrected chi connectivity index (χ4v) is 1.63. The van der Waals surface area contributed by atoms with Crippen molar-refractivity contribution < 1.29 is 19.8 Å². The smallest absolute Gasteiger partial charge is 0.335 e. The first-order valence-corrected chi connectivity index (χ1v) is 5.72. The lowest BCUT2D eigenvalue weighted by atomic mass is 10.1. The van der Waals surface area contributed by atoms with Gasteiger partial charge in [0.25, 0.3) is 0 Å². The van der Waals surface area contributed by atoms with E-state index in [4.69, 9.17) is 15.9 Å². The van der Waals surface area contributed by atoms with Crippen molar-refractivity contribution in [1.82, 2.24) is 15.0 Å². The molecule has 0 aliphatic carbocycles. The number of aryl methyl sites for hydroxylation is 1. The van der Waals surface area contributed by atoms with Crippen LogP contribution in [-0.4, -0.2) is 37.1 Å². The minimum atomic E-state index is -1.24. The molecule has 2 aromatic rings. The Labute approximate surface area is 118 Å². The van der Waals surface area contributed by atoms with Gasteiger partial charge in [0.1, 0.15) is 5.82 Å². The van der Waals surface area contributed by atoms with Gasteiger partial charge in [0.15, 0.2) is 0 Å². The Balaban J connectivity index is 2.43. The largest absolute Gasteiger partial charge is 0.478 e. The maximum Gasteiger partial charge on any atom is 0.335 e. The molecule has 1 aromatic carbocycles. The topological polar surface area (TPSA) is 151 Å². The number of aromatic nitrogens is 3. The van der Waals surface area contributed by atoms with E-state index in [0.29, 0.717) is 5.82 Å². The lowest BCUT2D eigenvalue weighted by Crippen LogP contribution is -2.07. The number of nitrogens with zero attached hydrogens (tertiary/aromatic N) is 3. The molecule has 0 saturated heterocycles. The number of hydrogen-bond acceptors (Lipinski definition) is 7. The third kappa shape index (κ3) is 3.41. The van der Waals surface area contributed by atoms with E-state index in [1.54, 1.807) is 6.92 Å². The molecule has 5 N–H and O–H groups in total. The summed E-state index contributed by atoms with van der Waals surface area (Å²) in [6.45, 7) is 1.61. The molecular weight excluding hydrogens is 278 g/mol. The first-order chi connectivity index (χ1) is 9.85. The van der Waals surface area contributed by atoms with Crippen LogP contribution in [0.25, 0.3) is 0 Å².